The Kier molecular flexibility index (Phi) is 4.85. The first kappa shape index (κ1) is 20.7. The molecule has 2 aliphatic rings. The summed E-state index contributed by atoms with van der Waals surface area (Å²) >= 11 is 0. The average Bonchev–Trinajstić information content (AvgIpc) is 3.08. The van der Waals surface area contributed by atoms with Crippen molar-refractivity contribution in [2.24, 2.45) is 10.7 Å². The summed E-state index contributed by atoms with van der Waals surface area (Å²) < 4.78 is 5.75. The lowest BCUT2D eigenvalue weighted by atomic mass is 9.80. The molecule has 2 heterocycles. The number of rotatable bonds is 4. The van der Waals surface area contributed by atoms with E-state index >= 15 is 0 Å². The number of nitrogens with two attached hydrogens (primary N) is 1. The van der Waals surface area contributed by atoms with Crippen molar-refractivity contribution in [2.75, 3.05) is 13.7 Å². The third kappa shape index (κ3) is 3.31. The van der Waals surface area contributed by atoms with Crippen molar-refractivity contribution in [2.45, 2.75) is 18.4 Å². The number of hydrogen-bond donors (Lipinski definition) is 1. The van der Waals surface area contributed by atoms with Crippen LogP contribution in [0, 0.1) is 10.1 Å². The molecule has 0 fully saturated rings. The van der Waals surface area contributed by atoms with Gasteiger partial charge in [-0.3, -0.25) is 19.8 Å². The van der Waals surface area contributed by atoms with E-state index in [1.807, 2.05) is 42.5 Å². The lowest BCUT2D eigenvalue weighted by Crippen LogP contribution is -2.41. The van der Waals surface area contributed by atoms with Crippen molar-refractivity contribution < 1.29 is 14.5 Å². The summed E-state index contributed by atoms with van der Waals surface area (Å²) in [5.74, 6) is 0.698. The monoisotopic (exact) mass is 442 g/mol. The number of aliphatic imine (C=N–C) groups is 1. The Morgan fingerprint density at radius 2 is 1.79 bits per heavy atom. The molecule has 1 unspecified atom stereocenters. The lowest BCUT2D eigenvalue weighted by Gasteiger charge is -2.28. The molecule has 0 radical (unpaired) electrons. The second-order valence-corrected chi connectivity index (χ2v) is 8.21. The molecule has 0 bridgehead atoms. The second kappa shape index (κ2) is 7.74. The maximum absolute atomic E-state index is 13.6. The molecule has 5 rings (SSSR count). The zero-order valence-corrected chi connectivity index (χ0v) is 18.0. The number of carbonyl (C=O) groups is 1. The minimum Gasteiger partial charge on any atom is -0.493 e. The van der Waals surface area contributed by atoms with Gasteiger partial charge in [-0.1, -0.05) is 36.4 Å². The first-order valence-corrected chi connectivity index (χ1v) is 10.7. The number of nitrogens with zero attached hydrogens (tertiary/aromatic N) is 3. The number of fused-ring (bicyclic) bond motifs is 1. The number of hydrogen-bond acceptors (Lipinski definition) is 6. The fraction of sp³-hybridized carbons (Fsp3) is 0.200. The van der Waals surface area contributed by atoms with E-state index in [4.69, 9.17) is 10.5 Å². The molecule has 1 atom stereocenters. The van der Waals surface area contributed by atoms with Gasteiger partial charge in [0, 0.05) is 19.2 Å². The highest BCUT2D eigenvalue weighted by molar-refractivity contribution is 6.09. The molecule has 166 valence electrons. The molecule has 3 aromatic carbocycles. The van der Waals surface area contributed by atoms with Gasteiger partial charge in [-0.25, -0.2) is 4.99 Å². The van der Waals surface area contributed by atoms with Gasteiger partial charge in [0.25, 0.3) is 11.6 Å². The number of guanidine groups is 1. The molecule has 0 aliphatic carbocycles. The number of non-ortho nitro benzene ring substituents is 1. The van der Waals surface area contributed by atoms with Crippen molar-refractivity contribution >= 4 is 17.6 Å². The molecular weight excluding hydrogens is 420 g/mol. The predicted molar refractivity (Wildman–Crippen MR) is 124 cm³/mol. The smallest absolute Gasteiger partial charge is 0.270 e. The Labute approximate surface area is 190 Å². The van der Waals surface area contributed by atoms with Crippen LogP contribution in [0.3, 0.4) is 0 Å². The van der Waals surface area contributed by atoms with Crippen LogP contribution in [-0.2, 0) is 16.8 Å². The number of amides is 1. The first-order valence-electron chi connectivity index (χ1n) is 10.7. The van der Waals surface area contributed by atoms with Crippen molar-refractivity contribution in [3.05, 3.63) is 93.5 Å². The maximum Gasteiger partial charge on any atom is 0.270 e. The van der Waals surface area contributed by atoms with Gasteiger partial charge in [-0.15, -0.1) is 0 Å². The number of benzene rings is 3. The maximum atomic E-state index is 13.6. The Hall–Kier alpha value is -4.20. The van der Waals surface area contributed by atoms with E-state index in [1.54, 1.807) is 19.2 Å². The van der Waals surface area contributed by atoms with Gasteiger partial charge in [-0.2, -0.15) is 0 Å². The van der Waals surface area contributed by atoms with Gasteiger partial charge in [0.05, 0.1) is 11.5 Å². The van der Waals surface area contributed by atoms with E-state index < -0.39 is 10.5 Å². The highest BCUT2D eigenvalue weighted by atomic mass is 16.6. The van der Waals surface area contributed by atoms with Crippen molar-refractivity contribution in [3.8, 4) is 16.9 Å². The molecule has 8 nitrogen and oxygen atoms in total. The minimum atomic E-state index is -1.35. The van der Waals surface area contributed by atoms with Crippen LogP contribution in [0.25, 0.3) is 11.1 Å². The number of nitro groups is 1. The van der Waals surface area contributed by atoms with Crippen LogP contribution in [0.5, 0.6) is 5.75 Å². The third-order valence-corrected chi connectivity index (χ3v) is 6.24. The van der Waals surface area contributed by atoms with E-state index in [1.165, 1.54) is 17.0 Å². The second-order valence-electron chi connectivity index (χ2n) is 8.21. The highest BCUT2D eigenvalue weighted by Gasteiger charge is 2.49. The summed E-state index contributed by atoms with van der Waals surface area (Å²) in [6, 6.07) is 19.5. The van der Waals surface area contributed by atoms with Gasteiger partial charge in [0.15, 0.2) is 11.5 Å². The standard InChI is InChI=1S/C25H22N4O4/c1-28-23(30)25(27-24(28)26,20-10-11-22-18(14-20)7-4-12-33-22)19-8-2-5-16(13-19)17-6-3-9-21(15-17)29(31)32/h2-3,5-6,8-11,13-15H,4,7,12H2,1H3,(H2,26,27). The normalized spacial score (nSPS) is 19.6. The van der Waals surface area contributed by atoms with Crippen molar-refractivity contribution in [3.63, 3.8) is 0 Å². The zero-order valence-electron chi connectivity index (χ0n) is 18.0. The molecule has 8 heteroatoms. The Bertz CT molecular complexity index is 1320. The van der Waals surface area contributed by atoms with E-state index in [9.17, 15) is 14.9 Å². The number of carbonyl (C=O) groups excluding carboxylic acids is 1. The zero-order chi connectivity index (χ0) is 23.2. The number of nitro benzene ring substituents is 1. The number of likely N-dealkylation sites (N-methyl/N-ethyl adjacent to an activating group) is 1. The van der Waals surface area contributed by atoms with Crippen molar-refractivity contribution in [1.82, 2.24) is 4.90 Å². The quantitative estimate of drug-likeness (QED) is 0.490. The molecule has 3 aromatic rings. The van der Waals surface area contributed by atoms with Gasteiger partial charge >= 0.3 is 0 Å². The molecular formula is C25H22N4O4. The molecule has 0 aromatic heterocycles. The van der Waals surface area contributed by atoms with Crippen molar-refractivity contribution in [1.29, 1.82) is 0 Å². The van der Waals surface area contributed by atoms with Gasteiger partial charge in [-0.05, 0) is 58.9 Å². The van der Waals surface area contributed by atoms with E-state index in [2.05, 4.69) is 4.99 Å². The van der Waals surface area contributed by atoms with Crippen LogP contribution in [-0.4, -0.2) is 35.3 Å². The summed E-state index contributed by atoms with van der Waals surface area (Å²) in [5, 5.41) is 11.2. The van der Waals surface area contributed by atoms with Crippen LogP contribution in [0.15, 0.2) is 71.7 Å². The first-order chi connectivity index (χ1) is 15.9. The number of aryl methyl sites for hydroxylation is 1. The summed E-state index contributed by atoms with van der Waals surface area (Å²) in [6.07, 6.45) is 1.77. The number of ether oxygens (including phenoxy) is 1. The summed E-state index contributed by atoms with van der Waals surface area (Å²) in [5.41, 5.74) is 8.57. The predicted octanol–water partition coefficient (Wildman–Crippen LogP) is 3.62. The molecule has 0 saturated heterocycles. The van der Waals surface area contributed by atoms with Gasteiger partial charge in [0.2, 0.25) is 0 Å². The SMILES string of the molecule is CN1C(=O)C(c2cccc(-c3cccc([N+](=O)[O-])c3)c2)(c2ccc3c(c2)CCCO3)N=C1N. The van der Waals surface area contributed by atoms with E-state index in [0.717, 1.165) is 29.7 Å². The molecule has 2 N–H and O–H groups in total. The Morgan fingerprint density at radius 1 is 1.06 bits per heavy atom. The topological polar surface area (TPSA) is 111 Å². The molecule has 0 saturated carbocycles. The van der Waals surface area contributed by atoms with E-state index in [0.29, 0.717) is 23.3 Å². The molecule has 0 spiro atoms. The third-order valence-electron chi connectivity index (χ3n) is 6.24. The van der Waals surface area contributed by atoms with Crippen LogP contribution in [0.1, 0.15) is 23.1 Å². The fourth-order valence-corrected chi connectivity index (χ4v) is 4.49. The lowest BCUT2D eigenvalue weighted by molar-refractivity contribution is -0.384. The Balaban J connectivity index is 1.68. The average molecular weight is 442 g/mol. The van der Waals surface area contributed by atoms with Crippen LogP contribution in [0.4, 0.5) is 5.69 Å². The van der Waals surface area contributed by atoms with Crippen LogP contribution < -0.4 is 10.5 Å². The van der Waals surface area contributed by atoms with Gasteiger partial charge in [0.1, 0.15) is 5.75 Å². The molecule has 33 heavy (non-hydrogen) atoms. The fourth-order valence-electron chi connectivity index (χ4n) is 4.49. The van der Waals surface area contributed by atoms with Crippen LogP contribution in [0.2, 0.25) is 0 Å². The summed E-state index contributed by atoms with van der Waals surface area (Å²) in [4.78, 5) is 30.5. The highest BCUT2D eigenvalue weighted by Crippen LogP contribution is 2.42. The van der Waals surface area contributed by atoms with Gasteiger partial charge < -0.3 is 10.5 Å². The van der Waals surface area contributed by atoms with E-state index in [-0.39, 0.29) is 17.6 Å². The molecule has 1 amide bonds. The summed E-state index contributed by atoms with van der Waals surface area (Å²) in [7, 11) is 1.61. The minimum absolute atomic E-state index is 0.00115. The molecule has 2 aliphatic heterocycles. The largest absolute Gasteiger partial charge is 0.493 e. The van der Waals surface area contributed by atoms with Crippen LogP contribution >= 0.6 is 0 Å². The Morgan fingerprint density at radius 3 is 2.52 bits per heavy atom. The summed E-state index contributed by atoms with van der Waals surface area (Å²) in [6.45, 7) is 0.676.